The molecule has 0 spiro atoms. The van der Waals surface area contributed by atoms with Crippen molar-refractivity contribution in [3.63, 3.8) is 0 Å². The highest BCUT2D eigenvalue weighted by Gasteiger charge is 2.29. The van der Waals surface area contributed by atoms with Gasteiger partial charge in [-0.05, 0) is 77.1 Å². The fourth-order valence-corrected chi connectivity index (χ4v) is 11.2. The lowest BCUT2D eigenvalue weighted by Gasteiger charge is -2.23. The largest absolute Gasteiger partial charge is 0.319 e. The maximum absolute atomic E-state index is 13.5. The highest BCUT2D eigenvalue weighted by atomic mass is 31.2. The highest BCUT2D eigenvalue weighted by molar-refractivity contribution is 7.74. The SMILES string of the molecule is Cc1cc(C)c([P@](C)(=O)CC[P@@](C)(=O)c2c(C)cc(C)cc2C)c(C)c1. The quantitative estimate of drug-likeness (QED) is 0.634. The number of rotatable bonds is 5. The molecule has 0 radical (unpaired) electrons. The summed E-state index contributed by atoms with van der Waals surface area (Å²) in [6.07, 6.45) is 0.969. The molecule has 0 bridgehead atoms. The Hall–Kier alpha value is -1.10. The summed E-state index contributed by atoms with van der Waals surface area (Å²) in [6.45, 7) is 16.0. The molecule has 0 heterocycles. The Morgan fingerprint density at radius 3 is 1.04 bits per heavy atom. The third-order valence-electron chi connectivity index (χ3n) is 5.17. The van der Waals surface area contributed by atoms with Crippen LogP contribution in [0.15, 0.2) is 24.3 Å². The molecule has 26 heavy (non-hydrogen) atoms. The molecule has 142 valence electrons. The van der Waals surface area contributed by atoms with E-state index in [2.05, 4.69) is 38.1 Å². The lowest BCUT2D eigenvalue weighted by molar-refractivity contribution is 0.579. The van der Waals surface area contributed by atoms with Gasteiger partial charge in [0.1, 0.15) is 14.3 Å². The zero-order valence-electron chi connectivity index (χ0n) is 17.4. The number of hydrogen-bond acceptors (Lipinski definition) is 2. The number of hydrogen-bond donors (Lipinski definition) is 0. The molecule has 4 heteroatoms. The van der Waals surface area contributed by atoms with Crippen LogP contribution in [0.1, 0.15) is 33.4 Å². The van der Waals surface area contributed by atoms with Gasteiger partial charge in [-0.2, -0.15) is 0 Å². The molecule has 0 N–H and O–H groups in total. The van der Waals surface area contributed by atoms with E-state index in [4.69, 9.17) is 0 Å². The average Bonchev–Trinajstić information content (AvgIpc) is 2.42. The minimum absolute atomic E-state index is 0.484. The molecule has 0 aromatic heterocycles. The Bertz CT molecular complexity index is 818. The number of aryl methyl sites for hydroxylation is 6. The first kappa shape index (κ1) is 21.2. The molecule has 2 aromatic rings. The van der Waals surface area contributed by atoms with Gasteiger partial charge in [-0.1, -0.05) is 35.4 Å². The van der Waals surface area contributed by atoms with Gasteiger partial charge in [-0.3, -0.25) is 0 Å². The number of benzene rings is 2. The summed E-state index contributed by atoms with van der Waals surface area (Å²) < 4.78 is 27.1. The molecule has 2 atom stereocenters. The van der Waals surface area contributed by atoms with E-state index in [0.717, 1.165) is 32.9 Å². The van der Waals surface area contributed by atoms with Crippen molar-refractivity contribution in [1.82, 2.24) is 0 Å². The van der Waals surface area contributed by atoms with Crippen LogP contribution in [-0.2, 0) is 9.13 Å². The third kappa shape index (κ3) is 4.41. The van der Waals surface area contributed by atoms with Crippen molar-refractivity contribution in [2.75, 3.05) is 25.7 Å². The summed E-state index contributed by atoms with van der Waals surface area (Å²) in [5.74, 6) is 0. The van der Waals surface area contributed by atoms with Crippen LogP contribution in [0.4, 0.5) is 0 Å². The maximum atomic E-state index is 13.5. The van der Waals surface area contributed by atoms with E-state index in [0.29, 0.717) is 12.3 Å². The standard InChI is InChI=1S/C22H32O2P2/c1-15-11-17(3)21(18(4)12-15)25(7,23)9-10-26(8,24)22-19(5)13-16(2)14-20(22)6/h11-14H,9-10H2,1-8H3/t25-,26-/m1/s1. The van der Waals surface area contributed by atoms with Crippen molar-refractivity contribution < 1.29 is 9.13 Å². The van der Waals surface area contributed by atoms with Crippen molar-refractivity contribution in [3.8, 4) is 0 Å². The Morgan fingerprint density at radius 1 is 0.577 bits per heavy atom. The highest BCUT2D eigenvalue weighted by Crippen LogP contribution is 2.49. The topological polar surface area (TPSA) is 34.1 Å². The van der Waals surface area contributed by atoms with Gasteiger partial charge in [-0.25, -0.2) is 0 Å². The summed E-state index contributed by atoms with van der Waals surface area (Å²) in [4.78, 5) is 0. The van der Waals surface area contributed by atoms with E-state index in [1.807, 2.05) is 41.0 Å². The summed E-state index contributed by atoms with van der Waals surface area (Å²) in [6, 6.07) is 8.38. The molecule has 0 aliphatic rings. The van der Waals surface area contributed by atoms with Crippen molar-refractivity contribution in [3.05, 3.63) is 57.6 Å². The van der Waals surface area contributed by atoms with Gasteiger partial charge in [0.05, 0.1) is 0 Å². The summed E-state index contributed by atoms with van der Waals surface area (Å²) in [5, 5.41) is 1.95. The molecule has 0 saturated carbocycles. The predicted octanol–water partition coefficient (Wildman–Crippen LogP) is 5.47. The smallest absolute Gasteiger partial charge is 0.113 e. The molecular weight excluding hydrogens is 358 g/mol. The zero-order chi connectivity index (χ0) is 19.9. The maximum Gasteiger partial charge on any atom is 0.113 e. The Kier molecular flexibility index (Phi) is 6.11. The van der Waals surface area contributed by atoms with Crippen molar-refractivity contribution in [2.24, 2.45) is 0 Å². The van der Waals surface area contributed by atoms with Crippen molar-refractivity contribution in [1.29, 1.82) is 0 Å². The second kappa shape index (κ2) is 7.49. The second-order valence-corrected chi connectivity index (χ2v) is 14.3. The lowest BCUT2D eigenvalue weighted by Crippen LogP contribution is -2.20. The minimum Gasteiger partial charge on any atom is -0.319 e. The van der Waals surface area contributed by atoms with Gasteiger partial charge in [0.2, 0.25) is 0 Å². The van der Waals surface area contributed by atoms with Crippen molar-refractivity contribution >= 4 is 24.9 Å². The fraction of sp³-hybridized carbons (Fsp3) is 0.455. The molecule has 0 aliphatic carbocycles. The summed E-state index contributed by atoms with van der Waals surface area (Å²) in [5.41, 5.74) is 6.72. The van der Waals surface area contributed by atoms with Gasteiger partial charge in [-0.15, -0.1) is 0 Å². The van der Waals surface area contributed by atoms with Crippen LogP contribution >= 0.6 is 14.3 Å². The van der Waals surface area contributed by atoms with Crippen LogP contribution in [0.25, 0.3) is 0 Å². The molecule has 2 aromatic carbocycles. The second-order valence-electron chi connectivity index (χ2n) is 8.14. The molecule has 0 amide bonds. The summed E-state index contributed by atoms with van der Waals surface area (Å²) in [7, 11) is -5.14. The molecule has 2 nitrogen and oxygen atoms in total. The van der Waals surface area contributed by atoms with Gasteiger partial charge >= 0.3 is 0 Å². The normalized spacial score (nSPS) is 16.2. The fourth-order valence-electron chi connectivity index (χ4n) is 4.44. The monoisotopic (exact) mass is 390 g/mol. The van der Waals surface area contributed by atoms with E-state index in [1.54, 1.807) is 0 Å². The van der Waals surface area contributed by atoms with E-state index in [9.17, 15) is 9.13 Å². The van der Waals surface area contributed by atoms with Crippen LogP contribution in [0.3, 0.4) is 0 Å². The van der Waals surface area contributed by atoms with E-state index < -0.39 is 14.3 Å². The van der Waals surface area contributed by atoms with E-state index >= 15 is 0 Å². The lowest BCUT2D eigenvalue weighted by atomic mass is 10.1. The first-order chi connectivity index (χ1) is 11.8. The zero-order valence-corrected chi connectivity index (χ0v) is 19.2. The van der Waals surface area contributed by atoms with Crippen molar-refractivity contribution in [2.45, 2.75) is 41.5 Å². The van der Waals surface area contributed by atoms with Crippen LogP contribution in [0.2, 0.25) is 0 Å². The van der Waals surface area contributed by atoms with Gasteiger partial charge in [0.15, 0.2) is 0 Å². The first-order valence-electron chi connectivity index (χ1n) is 9.15. The van der Waals surface area contributed by atoms with Gasteiger partial charge < -0.3 is 9.13 Å². The summed E-state index contributed by atoms with van der Waals surface area (Å²) >= 11 is 0. The Labute approximate surface area is 159 Å². The van der Waals surface area contributed by atoms with E-state index in [-0.39, 0.29) is 0 Å². The third-order valence-corrected chi connectivity index (χ3v) is 11.0. The molecule has 0 saturated heterocycles. The molecule has 0 aliphatic heterocycles. The van der Waals surface area contributed by atoms with E-state index in [1.165, 1.54) is 11.1 Å². The molecular formula is C22H32O2P2. The average molecular weight is 390 g/mol. The molecule has 0 fully saturated rings. The van der Waals surface area contributed by atoms with Gasteiger partial charge in [0, 0.05) is 22.9 Å². The van der Waals surface area contributed by atoms with Gasteiger partial charge in [0.25, 0.3) is 0 Å². The Balaban J connectivity index is 2.35. The predicted molar refractivity (Wildman–Crippen MR) is 117 cm³/mol. The molecule has 0 unspecified atom stereocenters. The Morgan fingerprint density at radius 2 is 0.808 bits per heavy atom. The van der Waals surface area contributed by atoms with Crippen LogP contribution in [-0.4, -0.2) is 25.7 Å². The van der Waals surface area contributed by atoms with Crippen LogP contribution in [0.5, 0.6) is 0 Å². The minimum atomic E-state index is -2.57. The van der Waals surface area contributed by atoms with Crippen LogP contribution in [0, 0.1) is 41.5 Å². The molecule has 2 rings (SSSR count). The van der Waals surface area contributed by atoms with Crippen LogP contribution < -0.4 is 10.6 Å². The first-order valence-corrected chi connectivity index (χ1v) is 13.8.